The van der Waals surface area contributed by atoms with Gasteiger partial charge in [0.05, 0.1) is 6.04 Å². The molecule has 1 saturated carbocycles. The van der Waals surface area contributed by atoms with Crippen molar-refractivity contribution in [2.24, 2.45) is 5.92 Å². The number of ether oxygens (including phenoxy) is 1. The second kappa shape index (κ2) is 6.60. The van der Waals surface area contributed by atoms with E-state index in [2.05, 4.69) is 5.32 Å². The standard InChI is InChI=1S/C18H18FNO2/c19-15-7-4-8-16(11-15)22-12-17(21)20-18(14-9-10-14)13-5-2-1-3-6-13/h1-8,11,14,18H,9-10,12H2,(H,20,21). The van der Waals surface area contributed by atoms with Crippen LogP contribution < -0.4 is 10.1 Å². The normalized spacial score (nSPS) is 15.1. The van der Waals surface area contributed by atoms with Crippen molar-refractivity contribution in [1.29, 1.82) is 0 Å². The molecule has 114 valence electrons. The van der Waals surface area contributed by atoms with Gasteiger partial charge in [-0.2, -0.15) is 0 Å². The van der Waals surface area contributed by atoms with Crippen molar-refractivity contribution in [1.82, 2.24) is 5.32 Å². The summed E-state index contributed by atoms with van der Waals surface area (Å²) in [6.07, 6.45) is 2.26. The van der Waals surface area contributed by atoms with E-state index in [-0.39, 0.29) is 24.4 Å². The third-order valence-electron chi connectivity index (χ3n) is 3.73. The molecule has 1 atom stereocenters. The molecule has 0 heterocycles. The Bertz CT molecular complexity index is 641. The Hall–Kier alpha value is -2.36. The minimum Gasteiger partial charge on any atom is -0.484 e. The Balaban J connectivity index is 1.58. The second-order valence-corrected chi connectivity index (χ2v) is 5.54. The van der Waals surface area contributed by atoms with Crippen LogP contribution in [0.1, 0.15) is 24.4 Å². The van der Waals surface area contributed by atoms with Gasteiger partial charge in [0.1, 0.15) is 11.6 Å². The van der Waals surface area contributed by atoms with E-state index in [0.29, 0.717) is 11.7 Å². The maximum absolute atomic E-state index is 13.1. The highest BCUT2D eigenvalue weighted by Gasteiger charge is 2.33. The van der Waals surface area contributed by atoms with E-state index in [1.54, 1.807) is 12.1 Å². The Kier molecular flexibility index (Phi) is 4.37. The van der Waals surface area contributed by atoms with Crippen molar-refractivity contribution in [2.75, 3.05) is 6.61 Å². The van der Waals surface area contributed by atoms with E-state index in [1.807, 2.05) is 30.3 Å². The Labute approximate surface area is 129 Å². The van der Waals surface area contributed by atoms with E-state index in [0.717, 1.165) is 18.4 Å². The van der Waals surface area contributed by atoms with Crippen LogP contribution in [0.5, 0.6) is 5.75 Å². The fourth-order valence-electron chi connectivity index (χ4n) is 2.48. The SMILES string of the molecule is O=C(COc1cccc(F)c1)NC(c1ccccc1)C1CC1. The number of nitrogens with one attached hydrogen (secondary N) is 1. The highest BCUT2D eigenvalue weighted by Crippen LogP contribution is 2.40. The molecule has 1 unspecified atom stereocenters. The smallest absolute Gasteiger partial charge is 0.258 e. The van der Waals surface area contributed by atoms with Crippen LogP contribution in [-0.2, 0) is 4.79 Å². The molecule has 0 bridgehead atoms. The molecule has 4 heteroatoms. The molecule has 1 fully saturated rings. The summed E-state index contributed by atoms with van der Waals surface area (Å²) in [7, 11) is 0. The van der Waals surface area contributed by atoms with Gasteiger partial charge in [-0.3, -0.25) is 4.79 Å². The summed E-state index contributed by atoms with van der Waals surface area (Å²) in [5, 5.41) is 3.02. The van der Waals surface area contributed by atoms with E-state index in [9.17, 15) is 9.18 Å². The van der Waals surface area contributed by atoms with E-state index >= 15 is 0 Å². The summed E-state index contributed by atoms with van der Waals surface area (Å²) in [6.45, 7) is -0.112. The third kappa shape index (κ3) is 3.85. The van der Waals surface area contributed by atoms with Crippen LogP contribution >= 0.6 is 0 Å². The molecule has 0 spiro atoms. The Morgan fingerprint density at radius 1 is 1.18 bits per heavy atom. The van der Waals surface area contributed by atoms with Crippen LogP contribution in [0.3, 0.4) is 0 Å². The van der Waals surface area contributed by atoms with Crippen LogP contribution in [-0.4, -0.2) is 12.5 Å². The van der Waals surface area contributed by atoms with Gasteiger partial charge in [-0.15, -0.1) is 0 Å². The summed E-state index contributed by atoms with van der Waals surface area (Å²) in [5.41, 5.74) is 1.11. The lowest BCUT2D eigenvalue weighted by Gasteiger charge is -2.19. The molecule has 1 aliphatic rings. The molecular weight excluding hydrogens is 281 g/mol. The predicted octanol–water partition coefficient (Wildman–Crippen LogP) is 3.47. The monoisotopic (exact) mass is 299 g/mol. The summed E-state index contributed by atoms with van der Waals surface area (Å²) in [6, 6.07) is 15.8. The summed E-state index contributed by atoms with van der Waals surface area (Å²) in [5.74, 6) is 0.293. The molecule has 0 saturated heterocycles. The number of halogens is 1. The molecule has 2 aromatic rings. The van der Waals surface area contributed by atoms with Crippen LogP contribution in [0.2, 0.25) is 0 Å². The lowest BCUT2D eigenvalue weighted by Crippen LogP contribution is -2.33. The number of hydrogen-bond donors (Lipinski definition) is 1. The largest absolute Gasteiger partial charge is 0.484 e. The quantitative estimate of drug-likeness (QED) is 0.887. The van der Waals surface area contributed by atoms with Gasteiger partial charge in [0.15, 0.2) is 6.61 Å². The van der Waals surface area contributed by atoms with Gasteiger partial charge in [-0.05, 0) is 36.5 Å². The highest BCUT2D eigenvalue weighted by molar-refractivity contribution is 5.78. The minimum absolute atomic E-state index is 0.0322. The van der Waals surface area contributed by atoms with Crippen molar-refractivity contribution in [3.8, 4) is 5.75 Å². The van der Waals surface area contributed by atoms with Crippen molar-refractivity contribution >= 4 is 5.91 Å². The van der Waals surface area contributed by atoms with Gasteiger partial charge in [-0.25, -0.2) is 4.39 Å². The fourth-order valence-corrected chi connectivity index (χ4v) is 2.48. The first-order valence-corrected chi connectivity index (χ1v) is 7.45. The molecule has 2 aromatic carbocycles. The molecular formula is C18H18FNO2. The van der Waals surface area contributed by atoms with E-state index < -0.39 is 0 Å². The first kappa shape index (κ1) is 14.6. The van der Waals surface area contributed by atoms with Gasteiger partial charge in [0.2, 0.25) is 0 Å². The van der Waals surface area contributed by atoms with Gasteiger partial charge in [0.25, 0.3) is 5.91 Å². The van der Waals surface area contributed by atoms with Crippen molar-refractivity contribution < 1.29 is 13.9 Å². The average Bonchev–Trinajstić information content (AvgIpc) is 3.36. The van der Waals surface area contributed by atoms with Crippen LogP contribution in [0.15, 0.2) is 54.6 Å². The highest BCUT2D eigenvalue weighted by atomic mass is 19.1. The van der Waals surface area contributed by atoms with Gasteiger partial charge in [0, 0.05) is 6.07 Å². The number of carbonyl (C=O) groups is 1. The number of benzene rings is 2. The third-order valence-corrected chi connectivity index (χ3v) is 3.73. The van der Waals surface area contributed by atoms with Crippen molar-refractivity contribution in [2.45, 2.75) is 18.9 Å². The first-order chi connectivity index (χ1) is 10.7. The van der Waals surface area contributed by atoms with E-state index in [4.69, 9.17) is 4.74 Å². The van der Waals surface area contributed by atoms with E-state index in [1.165, 1.54) is 12.1 Å². The van der Waals surface area contributed by atoms with Crippen molar-refractivity contribution in [3.63, 3.8) is 0 Å². The lowest BCUT2D eigenvalue weighted by molar-refractivity contribution is -0.124. The molecule has 0 aromatic heterocycles. The number of carbonyl (C=O) groups excluding carboxylic acids is 1. The summed E-state index contributed by atoms with van der Waals surface area (Å²) < 4.78 is 18.4. The zero-order valence-electron chi connectivity index (χ0n) is 12.2. The minimum atomic E-state index is -0.377. The maximum atomic E-state index is 13.1. The first-order valence-electron chi connectivity index (χ1n) is 7.45. The van der Waals surface area contributed by atoms with Crippen molar-refractivity contribution in [3.05, 3.63) is 66.0 Å². The fraction of sp³-hybridized carbons (Fsp3) is 0.278. The topological polar surface area (TPSA) is 38.3 Å². The summed E-state index contributed by atoms with van der Waals surface area (Å²) in [4.78, 5) is 12.1. The molecule has 1 aliphatic carbocycles. The predicted molar refractivity (Wildman–Crippen MR) is 81.9 cm³/mol. The zero-order valence-corrected chi connectivity index (χ0v) is 12.2. The average molecular weight is 299 g/mol. The van der Waals surface area contributed by atoms with Crippen LogP contribution in [0.4, 0.5) is 4.39 Å². The molecule has 22 heavy (non-hydrogen) atoms. The van der Waals surface area contributed by atoms with Crippen LogP contribution in [0, 0.1) is 11.7 Å². The van der Waals surface area contributed by atoms with Gasteiger partial charge < -0.3 is 10.1 Å². The second-order valence-electron chi connectivity index (χ2n) is 5.54. The number of hydrogen-bond acceptors (Lipinski definition) is 2. The van der Waals surface area contributed by atoms with Gasteiger partial charge in [-0.1, -0.05) is 36.4 Å². The molecule has 3 nitrogen and oxygen atoms in total. The molecule has 1 N–H and O–H groups in total. The number of rotatable bonds is 6. The molecule has 0 radical (unpaired) electrons. The van der Waals surface area contributed by atoms with Gasteiger partial charge >= 0.3 is 0 Å². The number of amides is 1. The zero-order chi connectivity index (χ0) is 15.4. The Morgan fingerprint density at radius 2 is 1.95 bits per heavy atom. The molecule has 0 aliphatic heterocycles. The molecule has 3 rings (SSSR count). The summed E-state index contributed by atoms with van der Waals surface area (Å²) >= 11 is 0. The van der Waals surface area contributed by atoms with Crippen LogP contribution in [0.25, 0.3) is 0 Å². The Morgan fingerprint density at radius 3 is 2.64 bits per heavy atom. The lowest BCUT2D eigenvalue weighted by atomic mass is 10.0. The maximum Gasteiger partial charge on any atom is 0.258 e. The molecule has 1 amide bonds.